The first-order chi connectivity index (χ1) is 8.96. The van der Waals surface area contributed by atoms with Gasteiger partial charge in [0.15, 0.2) is 0 Å². The monoisotopic (exact) mass is 263 g/mol. The molecule has 1 unspecified atom stereocenters. The largest absolute Gasteiger partial charge is 0.395 e. The van der Waals surface area contributed by atoms with E-state index in [2.05, 4.69) is 11.2 Å². The second-order valence-electron chi connectivity index (χ2n) is 4.54. The molecule has 6 heteroatoms. The van der Waals surface area contributed by atoms with E-state index in [1.54, 1.807) is 23.4 Å². The van der Waals surface area contributed by atoms with Crippen molar-refractivity contribution in [2.45, 2.75) is 34.2 Å². The van der Waals surface area contributed by atoms with Crippen LogP contribution in [0.2, 0.25) is 0 Å². The normalized spacial score (nSPS) is 11.9. The van der Waals surface area contributed by atoms with E-state index >= 15 is 0 Å². The molecule has 1 aromatic heterocycles. The summed E-state index contributed by atoms with van der Waals surface area (Å²) in [5.74, 6) is -0.367. The molecule has 2 N–H and O–H groups in total. The number of rotatable bonds is 5. The molecule has 0 aromatic carbocycles. The van der Waals surface area contributed by atoms with Gasteiger partial charge in [-0.2, -0.15) is 10.4 Å². The van der Waals surface area contributed by atoms with Gasteiger partial charge < -0.3 is 10.6 Å². The quantitative estimate of drug-likeness (QED) is 0.870. The number of aromatic nitrogens is 2. The molecule has 0 saturated carbocycles. The molecule has 1 atom stereocenters. The maximum atomic E-state index is 12.5. The number of carbonyl (C=O) groups excluding carboxylic acids is 1. The summed E-state index contributed by atoms with van der Waals surface area (Å²) in [4.78, 5) is 14.1. The highest BCUT2D eigenvalue weighted by atomic mass is 16.2. The van der Waals surface area contributed by atoms with Crippen LogP contribution in [0.3, 0.4) is 0 Å². The molecule has 1 rings (SSSR count). The highest BCUT2D eigenvalue weighted by Gasteiger charge is 2.24. The van der Waals surface area contributed by atoms with Crippen LogP contribution < -0.4 is 5.73 Å². The van der Waals surface area contributed by atoms with Crippen molar-refractivity contribution >= 4 is 11.6 Å². The summed E-state index contributed by atoms with van der Waals surface area (Å²) in [5, 5.41) is 13.1. The Morgan fingerprint density at radius 1 is 1.58 bits per heavy atom. The van der Waals surface area contributed by atoms with Gasteiger partial charge in [0.1, 0.15) is 5.69 Å². The third-order valence-corrected chi connectivity index (χ3v) is 3.06. The lowest BCUT2D eigenvalue weighted by Crippen LogP contribution is -2.36. The summed E-state index contributed by atoms with van der Waals surface area (Å²) in [6, 6.07) is 2.14. The molecule has 0 saturated heterocycles. The van der Waals surface area contributed by atoms with Gasteiger partial charge in [-0.15, -0.1) is 0 Å². The smallest absolute Gasteiger partial charge is 0.274 e. The number of nitrogens with two attached hydrogens (primary N) is 1. The number of hydrogen-bond donors (Lipinski definition) is 1. The van der Waals surface area contributed by atoms with Gasteiger partial charge in [0, 0.05) is 19.6 Å². The van der Waals surface area contributed by atoms with Gasteiger partial charge in [-0.25, -0.2) is 0 Å². The molecular weight excluding hydrogens is 242 g/mol. The molecule has 1 amide bonds. The minimum Gasteiger partial charge on any atom is -0.395 e. The summed E-state index contributed by atoms with van der Waals surface area (Å²) in [6.07, 6.45) is 0. The van der Waals surface area contributed by atoms with Gasteiger partial charge >= 0.3 is 0 Å². The van der Waals surface area contributed by atoms with Crippen molar-refractivity contribution in [1.82, 2.24) is 14.7 Å². The third-order valence-electron chi connectivity index (χ3n) is 3.06. The van der Waals surface area contributed by atoms with E-state index in [9.17, 15) is 4.79 Å². The standard InChI is InChI=1S/C13H21N5O/c1-5-17(8-9(3)7-14)13(19)12-11(15)10(4)16-18(12)6-2/h9H,5-6,8,15H2,1-4H3. The van der Waals surface area contributed by atoms with Gasteiger partial charge in [0.2, 0.25) is 0 Å². The average molecular weight is 263 g/mol. The van der Waals surface area contributed by atoms with Crippen LogP contribution in [0.15, 0.2) is 0 Å². The summed E-state index contributed by atoms with van der Waals surface area (Å²) in [7, 11) is 0. The fraction of sp³-hybridized carbons (Fsp3) is 0.615. The van der Waals surface area contributed by atoms with Gasteiger partial charge in [-0.1, -0.05) is 0 Å². The number of amides is 1. The van der Waals surface area contributed by atoms with E-state index in [1.165, 1.54) is 0 Å². The second-order valence-corrected chi connectivity index (χ2v) is 4.54. The zero-order chi connectivity index (χ0) is 14.6. The van der Waals surface area contributed by atoms with Gasteiger partial charge in [-0.3, -0.25) is 9.48 Å². The SMILES string of the molecule is CCN(CC(C)C#N)C(=O)c1c(N)c(C)nn1CC. The molecule has 19 heavy (non-hydrogen) atoms. The van der Waals surface area contributed by atoms with Crippen LogP contribution in [0.25, 0.3) is 0 Å². The fourth-order valence-corrected chi connectivity index (χ4v) is 1.93. The first-order valence-corrected chi connectivity index (χ1v) is 6.47. The van der Waals surface area contributed by atoms with Crippen LogP contribution in [0.5, 0.6) is 0 Å². The minimum absolute atomic E-state index is 0.162. The Bertz CT molecular complexity index is 500. The predicted octanol–water partition coefficient (Wildman–Crippen LogP) is 1.42. The number of carbonyl (C=O) groups is 1. The molecular formula is C13H21N5O. The van der Waals surface area contributed by atoms with E-state index < -0.39 is 0 Å². The lowest BCUT2D eigenvalue weighted by Gasteiger charge is -2.22. The first-order valence-electron chi connectivity index (χ1n) is 6.47. The van der Waals surface area contributed by atoms with E-state index in [0.29, 0.717) is 36.7 Å². The average Bonchev–Trinajstić information content (AvgIpc) is 2.70. The highest BCUT2D eigenvalue weighted by molar-refractivity contribution is 5.98. The molecule has 1 heterocycles. The van der Waals surface area contributed by atoms with Crippen LogP contribution in [0, 0.1) is 24.2 Å². The van der Waals surface area contributed by atoms with Gasteiger partial charge in [0.25, 0.3) is 5.91 Å². The third kappa shape index (κ3) is 3.05. The Labute approximate surface area is 113 Å². The Balaban J connectivity index is 3.07. The Morgan fingerprint density at radius 3 is 2.68 bits per heavy atom. The summed E-state index contributed by atoms with van der Waals surface area (Å²) in [6.45, 7) is 8.91. The Morgan fingerprint density at radius 2 is 2.21 bits per heavy atom. The maximum Gasteiger partial charge on any atom is 0.274 e. The summed E-state index contributed by atoms with van der Waals surface area (Å²) in [5.41, 5.74) is 7.45. The van der Waals surface area contributed by atoms with E-state index in [1.807, 2.05) is 13.8 Å². The molecule has 0 aliphatic rings. The maximum absolute atomic E-state index is 12.5. The van der Waals surface area contributed by atoms with E-state index in [0.717, 1.165) is 0 Å². The number of hydrogen-bond acceptors (Lipinski definition) is 4. The van der Waals surface area contributed by atoms with Crippen molar-refractivity contribution in [3.63, 3.8) is 0 Å². The number of nitriles is 1. The highest BCUT2D eigenvalue weighted by Crippen LogP contribution is 2.19. The first kappa shape index (κ1) is 15.0. The fourth-order valence-electron chi connectivity index (χ4n) is 1.93. The molecule has 0 radical (unpaired) electrons. The molecule has 0 fully saturated rings. The molecule has 1 aromatic rings. The van der Waals surface area contributed by atoms with Crippen LogP contribution in [-0.4, -0.2) is 33.7 Å². The molecule has 0 aliphatic carbocycles. The van der Waals surface area contributed by atoms with Gasteiger partial charge in [0.05, 0.1) is 23.4 Å². The van der Waals surface area contributed by atoms with Crippen LogP contribution in [0.1, 0.15) is 37.0 Å². The zero-order valence-electron chi connectivity index (χ0n) is 12.0. The second kappa shape index (κ2) is 6.23. The summed E-state index contributed by atoms with van der Waals surface area (Å²) >= 11 is 0. The van der Waals surface area contributed by atoms with Crippen molar-refractivity contribution in [2.75, 3.05) is 18.8 Å². The Kier molecular flexibility index (Phi) is 4.93. The van der Waals surface area contributed by atoms with Crippen molar-refractivity contribution in [1.29, 1.82) is 5.26 Å². The van der Waals surface area contributed by atoms with E-state index in [4.69, 9.17) is 11.0 Å². The van der Waals surface area contributed by atoms with Gasteiger partial charge in [-0.05, 0) is 27.7 Å². The number of aryl methyl sites for hydroxylation is 2. The van der Waals surface area contributed by atoms with Crippen molar-refractivity contribution < 1.29 is 4.79 Å². The van der Waals surface area contributed by atoms with Crippen LogP contribution in [-0.2, 0) is 6.54 Å². The molecule has 0 bridgehead atoms. The topological polar surface area (TPSA) is 87.9 Å². The molecule has 0 aliphatic heterocycles. The number of nitrogen functional groups attached to an aromatic ring is 1. The zero-order valence-corrected chi connectivity index (χ0v) is 12.0. The van der Waals surface area contributed by atoms with Crippen molar-refractivity contribution in [3.05, 3.63) is 11.4 Å². The minimum atomic E-state index is -0.204. The number of anilines is 1. The van der Waals surface area contributed by atoms with Crippen LogP contribution in [0.4, 0.5) is 5.69 Å². The number of nitrogens with zero attached hydrogens (tertiary/aromatic N) is 4. The van der Waals surface area contributed by atoms with Crippen molar-refractivity contribution in [3.8, 4) is 6.07 Å². The molecule has 104 valence electrons. The molecule has 6 nitrogen and oxygen atoms in total. The lowest BCUT2D eigenvalue weighted by atomic mass is 10.2. The molecule has 0 spiro atoms. The predicted molar refractivity (Wildman–Crippen MR) is 73.4 cm³/mol. The van der Waals surface area contributed by atoms with Crippen molar-refractivity contribution in [2.24, 2.45) is 5.92 Å². The van der Waals surface area contributed by atoms with Crippen LogP contribution >= 0.6 is 0 Å². The lowest BCUT2D eigenvalue weighted by molar-refractivity contribution is 0.0741. The Hall–Kier alpha value is -2.03. The summed E-state index contributed by atoms with van der Waals surface area (Å²) < 4.78 is 1.62. The van der Waals surface area contributed by atoms with E-state index in [-0.39, 0.29) is 11.8 Å².